The molecule has 0 amide bonds. The fourth-order valence-corrected chi connectivity index (χ4v) is 2.21. The van der Waals surface area contributed by atoms with Crippen LogP contribution >= 0.6 is 0 Å². The largest absolute Gasteiger partial charge is 0.480 e. The van der Waals surface area contributed by atoms with Gasteiger partial charge in [0.25, 0.3) is 0 Å². The molecule has 0 unspecified atom stereocenters. The minimum atomic E-state index is -1.24. The zero-order valence-electron chi connectivity index (χ0n) is 11.5. The first-order valence-electron chi connectivity index (χ1n) is 6.32. The maximum Gasteiger partial charge on any atom is 0.323 e. The number of pyridine rings is 1. The summed E-state index contributed by atoms with van der Waals surface area (Å²) < 4.78 is 2.48. The summed E-state index contributed by atoms with van der Waals surface area (Å²) in [4.78, 5) is 45.1. The molecule has 3 aromatic rings. The number of carbonyl (C=O) groups is 1. The quantitative estimate of drug-likeness (QED) is 0.638. The van der Waals surface area contributed by atoms with Gasteiger partial charge in [0.2, 0.25) is 0 Å². The Morgan fingerprint density at radius 1 is 1.41 bits per heavy atom. The number of rotatable bonds is 3. The minimum absolute atomic E-state index is 0.0984. The van der Waals surface area contributed by atoms with Gasteiger partial charge in [-0.25, -0.2) is 9.97 Å². The third kappa shape index (κ3) is 2.18. The van der Waals surface area contributed by atoms with Crippen molar-refractivity contribution >= 4 is 17.1 Å². The van der Waals surface area contributed by atoms with Gasteiger partial charge in [-0.05, 0) is 18.6 Å². The highest BCUT2D eigenvalue weighted by molar-refractivity contribution is 5.75. The van der Waals surface area contributed by atoms with Gasteiger partial charge in [-0.2, -0.15) is 0 Å². The van der Waals surface area contributed by atoms with Crippen LogP contribution in [-0.2, 0) is 11.3 Å². The number of H-pyrrole nitrogens is 1. The lowest BCUT2D eigenvalue weighted by Crippen LogP contribution is -2.38. The number of nitrogens with one attached hydrogen (secondary N) is 1. The Kier molecular flexibility index (Phi) is 3.09. The van der Waals surface area contributed by atoms with Crippen LogP contribution in [0.2, 0.25) is 0 Å². The minimum Gasteiger partial charge on any atom is -0.480 e. The molecule has 9 heteroatoms. The molecule has 0 saturated heterocycles. The molecule has 3 aromatic heterocycles. The molecule has 3 heterocycles. The first kappa shape index (κ1) is 13.7. The van der Waals surface area contributed by atoms with Gasteiger partial charge in [0, 0.05) is 12.4 Å². The molecule has 22 heavy (non-hydrogen) atoms. The Morgan fingerprint density at radius 2 is 2.18 bits per heavy atom. The van der Waals surface area contributed by atoms with E-state index in [9.17, 15) is 14.4 Å². The molecule has 0 aliphatic rings. The number of aromatic nitrogens is 5. The normalized spacial score (nSPS) is 11.0. The third-order valence-corrected chi connectivity index (χ3v) is 3.15. The highest BCUT2D eigenvalue weighted by Crippen LogP contribution is 2.16. The lowest BCUT2D eigenvalue weighted by Gasteiger charge is -2.11. The van der Waals surface area contributed by atoms with Gasteiger partial charge in [0.15, 0.2) is 5.65 Å². The van der Waals surface area contributed by atoms with E-state index in [0.717, 1.165) is 10.1 Å². The molecule has 3 rings (SSSR count). The van der Waals surface area contributed by atoms with Gasteiger partial charge >= 0.3 is 17.1 Å². The molecule has 9 nitrogen and oxygen atoms in total. The molecule has 0 bridgehead atoms. The van der Waals surface area contributed by atoms with Gasteiger partial charge in [-0.15, -0.1) is 0 Å². The highest BCUT2D eigenvalue weighted by Gasteiger charge is 2.14. The fraction of sp³-hybridized carbons (Fsp3) is 0.154. The number of aromatic amines is 1. The van der Waals surface area contributed by atoms with Crippen molar-refractivity contribution < 1.29 is 9.90 Å². The topological polar surface area (TPSA) is 123 Å². The highest BCUT2D eigenvalue weighted by atomic mass is 16.4. The molecule has 0 radical (unpaired) electrons. The van der Waals surface area contributed by atoms with E-state index in [1.807, 2.05) is 0 Å². The molecule has 112 valence electrons. The van der Waals surface area contributed by atoms with Crippen LogP contribution in [0.15, 0.2) is 34.4 Å². The summed E-state index contributed by atoms with van der Waals surface area (Å²) in [7, 11) is 0. The second-order valence-electron chi connectivity index (χ2n) is 4.71. The molecule has 0 aliphatic heterocycles. The lowest BCUT2D eigenvalue weighted by molar-refractivity contribution is -0.137. The Balaban J connectivity index is 2.39. The molecule has 2 N–H and O–H groups in total. The Labute approximate surface area is 122 Å². The number of carboxylic acids is 1. The summed E-state index contributed by atoms with van der Waals surface area (Å²) in [5, 5.41) is 8.93. The fourth-order valence-electron chi connectivity index (χ4n) is 2.21. The molecule has 0 spiro atoms. The molecule has 0 aliphatic carbocycles. The van der Waals surface area contributed by atoms with E-state index in [1.54, 1.807) is 30.0 Å². The van der Waals surface area contributed by atoms with Gasteiger partial charge in [0.05, 0.1) is 5.52 Å². The summed E-state index contributed by atoms with van der Waals surface area (Å²) in [6.07, 6.45) is 4.78. The standard InChI is InChI=1S/C13H11N5O4/c1-7-4-8-11(16-10(7)17-3-2-14-6-17)18(5-9(19)20)13(22)12(21)15-8/h2-4,6H,5H2,1H3,(H,15,21)(H,19,20). The van der Waals surface area contributed by atoms with E-state index in [1.165, 1.54) is 6.33 Å². The van der Waals surface area contributed by atoms with Crippen molar-refractivity contribution in [3.05, 3.63) is 51.1 Å². The summed E-state index contributed by atoms with van der Waals surface area (Å²) in [6, 6.07) is 1.64. The Morgan fingerprint density at radius 3 is 2.82 bits per heavy atom. The van der Waals surface area contributed by atoms with Crippen LogP contribution in [0.4, 0.5) is 0 Å². The second-order valence-corrected chi connectivity index (χ2v) is 4.71. The van der Waals surface area contributed by atoms with Crippen LogP contribution in [0.1, 0.15) is 5.56 Å². The van der Waals surface area contributed by atoms with Crippen molar-refractivity contribution in [3.63, 3.8) is 0 Å². The smallest absolute Gasteiger partial charge is 0.323 e. The number of carboxylic acid groups (broad SMARTS) is 1. The maximum absolute atomic E-state index is 11.9. The van der Waals surface area contributed by atoms with Crippen LogP contribution < -0.4 is 11.1 Å². The van der Waals surface area contributed by atoms with E-state index in [-0.39, 0.29) is 5.65 Å². The number of hydrogen-bond acceptors (Lipinski definition) is 5. The van der Waals surface area contributed by atoms with E-state index in [0.29, 0.717) is 11.3 Å². The third-order valence-electron chi connectivity index (χ3n) is 3.15. The van der Waals surface area contributed by atoms with Gasteiger partial charge in [0.1, 0.15) is 18.7 Å². The first-order valence-corrected chi connectivity index (χ1v) is 6.32. The maximum atomic E-state index is 11.9. The van der Waals surface area contributed by atoms with Crippen LogP contribution in [0.5, 0.6) is 0 Å². The number of aryl methyl sites for hydroxylation is 1. The van der Waals surface area contributed by atoms with Gasteiger partial charge < -0.3 is 10.1 Å². The van der Waals surface area contributed by atoms with E-state index in [2.05, 4.69) is 15.0 Å². The van der Waals surface area contributed by atoms with Crippen molar-refractivity contribution in [2.45, 2.75) is 13.5 Å². The van der Waals surface area contributed by atoms with Crippen LogP contribution in [-0.4, -0.2) is 35.2 Å². The number of fused-ring (bicyclic) bond motifs is 1. The average molecular weight is 301 g/mol. The zero-order chi connectivity index (χ0) is 15.9. The Bertz CT molecular complexity index is 984. The summed E-state index contributed by atoms with van der Waals surface area (Å²) in [5.41, 5.74) is -0.705. The molecular formula is C13H11N5O4. The first-order chi connectivity index (χ1) is 10.5. The number of nitrogens with zero attached hydrogens (tertiary/aromatic N) is 4. The Hall–Kier alpha value is -3.23. The SMILES string of the molecule is Cc1cc2[nH]c(=O)c(=O)n(CC(=O)O)c2nc1-n1ccnc1. The number of hydrogen-bond donors (Lipinski definition) is 2. The summed E-state index contributed by atoms with van der Waals surface area (Å²) in [6.45, 7) is 1.14. The summed E-state index contributed by atoms with van der Waals surface area (Å²) in [5.74, 6) is -0.740. The van der Waals surface area contributed by atoms with E-state index in [4.69, 9.17) is 5.11 Å². The predicted octanol–water partition coefficient (Wildman–Crippen LogP) is -0.336. The van der Waals surface area contributed by atoms with E-state index < -0.39 is 23.6 Å². The number of aliphatic carboxylic acids is 1. The van der Waals surface area contributed by atoms with Gasteiger partial charge in [-0.3, -0.25) is 23.5 Å². The molecule has 0 aromatic carbocycles. The number of imidazole rings is 1. The molecule has 0 fully saturated rings. The van der Waals surface area contributed by atoms with Crippen LogP contribution in [0, 0.1) is 6.92 Å². The average Bonchev–Trinajstić information content (AvgIpc) is 2.97. The molecule has 0 atom stereocenters. The predicted molar refractivity (Wildman–Crippen MR) is 76.1 cm³/mol. The van der Waals surface area contributed by atoms with Crippen molar-refractivity contribution in [2.75, 3.05) is 0 Å². The van der Waals surface area contributed by atoms with Crippen molar-refractivity contribution in [1.29, 1.82) is 0 Å². The van der Waals surface area contributed by atoms with Crippen LogP contribution in [0.25, 0.3) is 17.0 Å². The molecule has 0 saturated carbocycles. The van der Waals surface area contributed by atoms with Crippen molar-refractivity contribution in [1.82, 2.24) is 24.1 Å². The second kappa shape index (κ2) is 4.95. The van der Waals surface area contributed by atoms with Crippen LogP contribution in [0.3, 0.4) is 0 Å². The molecular weight excluding hydrogens is 290 g/mol. The van der Waals surface area contributed by atoms with Crippen molar-refractivity contribution in [2.24, 2.45) is 0 Å². The lowest BCUT2D eigenvalue weighted by atomic mass is 10.2. The van der Waals surface area contributed by atoms with Gasteiger partial charge in [-0.1, -0.05) is 0 Å². The monoisotopic (exact) mass is 301 g/mol. The van der Waals surface area contributed by atoms with Crippen molar-refractivity contribution in [3.8, 4) is 5.82 Å². The van der Waals surface area contributed by atoms with E-state index >= 15 is 0 Å². The summed E-state index contributed by atoms with van der Waals surface area (Å²) >= 11 is 0. The zero-order valence-corrected chi connectivity index (χ0v) is 11.5.